The van der Waals surface area contributed by atoms with Gasteiger partial charge in [0.15, 0.2) is 0 Å². The minimum atomic E-state index is -0.403. The number of nitrogens with one attached hydrogen (secondary N) is 1. The Bertz CT molecular complexity index is 895. The number of ether oxygens (including phenoxy) is 1. The van der Waals surface area contributed by atoms with Crippen molar-refractivity contribution in [3.63, 3.8) is 0 Å². The zero-order chi connectivity index (χ0) is 15.0. The van der Waals surface area contributed by atoms with Gasteiger partial charge in [0.25, 0.3) is 5.56 Å². The molecule has 0 aliphatic carbocycles. The SMILES string of the molecule is COC(=O)c1scc(C)c1-c1n[nH]c(=O)c2ccccc12. The smallest absolute Gasteiger partial charge is 0.348 e. The molecule has 1 aromatic carbocycles. The van der Waals surface area contributed by atoms with E-state index < -0.39 is 5.97 Å². The summed E-state index contributed by atoms with van der Waals surface area (Å²) >= 11 is 1.31. The molecular formula is C15H12N2O3S. The molecule has 0 saturated heterocycles. The first-order valence-corrected chi connectivity index (χ1v) is 7.15. The molecule has 0 radical (unpaired) electrons. The van der Waals surface area contributed by atoms with Crippen LogP contribution in [0.15, 0.2) is 34.4 Å². The number of methoxy groups -OCH3 is 1. The van der Waals surface area contributed by atoms with Crippen LogP contribution in [0.4, 0.5) is 0 Å². The van der Waals surface area contributed by atoms with Crippen molar-refractivity contribution in [3.05, 3.63) is 50.4 Å². The van der Waals surface area contributed by atoms with Gasteiger partial charge in [-0.3, -0.25) is 4.79 Å². The Labute approximate surface area is 124 Å². The van der Waals surface area contributed by atoms with Gasteiger partial charge >= 0.3 is 5.97 Å². The Morgan fingerprint density at radius 3 is 2.71 bits per heavy atom. The second kappa shape index (κ2) is 5.14. The van der Waals surface area contributed by atoms with Gasteiger partial charge in [-0.05, 0) is 23.9 Å². The zero-order valence-electron chi connectivity index (χ0n) is 11.5. The summed E-state index contributed by atoms with van der Waals surface area (Å²) in [6.45, 7) is 1.90. The molecule has 3 rings (SSSR count). The summed E-state index contributed by atoms with van der Waals surface area (Å²) in [6, 6.07) is 7.19. The summed E-state index contributed by atoms with van der Waals surface area (Å²) in [4.78, 5) is 24.3. The maximum absolute atomic E-state index is 11.9. The highest BCUT2D eigenvalue weighted by Crippen LogP contribution is 2.34. The fourth-order valence-electron chi connectivity index (χ4n) is 2.29. The first-order valence-electron chi connectivity index (χ1n) is 6.27. The molecular weight excluding hydrogens is 288 g/mol. The number of H-pyrrole nitrogens is 1. The van der Waals surface area contributed by atoms with Crippen LogP contribution in [0.25, 0.3) is 22.0 Å². The standard InChI is InChI=1S/C15H12N2O3S/c1-8-7-21-13(15(19)20-2)11(8)12-9-5-3-4-6-10(9)14(18)17-16-12/h3-7H,1-2H3,(H,17,18). The molecule has 1 N–H and O–H groups in total. The molecule has 5 nitrogen and oxygen atoms in total. The molecule has 106 valence electrons. The lowest BCUT2D eigenvalue weighted by Crippen LogP contribution is -2.10. The molecule has 21 heavy (non-hydrogen) atoms. The molecule has 3 aromatic rings. The van der Waals surface area contributed by atoms with Crippen molar-refractivity contribution >= 4 is 28.1 Å². The molecule has 6 heteroatoms. The van der Waals surface area contributed by atoms with E-state index in [1.54, 1.807) is 12.1 Å². The van der Waals surface area contributed by atoms with Gasteiger partial charge < -0.3 is 4.74 Å². The van der Waals surface area contributed by atoms with Crippen LogP contribution < -0.4 is 5.56 Å². The highest BCUT2D eigenvalue weighted by Gasteiger charge is 2.21. The lowest BCUT2D eigenvalue weighted by Gasteiger charge is -2.07. The number of aromatic amines is 1. The fourth-order valence-corrected chi connectivity index (χ4v) is 3.25. The number of esters is 1. The summed E-state index contributed by atoms with van der Waals surface area (Å²) in [7, 11) is 1.35. The Kier molecular flexibility index (Phi) is 3.31. The van der Waals surface area contributed by atoms with Gasteiger partial charge in [-0.25, -0.2) is 9.89 Å². The van der Waals surface area contributed by atoms with Crippen molar-refractivity contribution < 1.29 is 9.53 Å². The molecule has 0 aliphatic rings. The van der Waals surface area contributed by atoms with Gasteiger partial charge in [0.05, 0.1) is 12.5 Å². The summed E-state index contributed by atoms with van der Waals surface area (Å²) in [5.41, 5.74) is 1.97. The largest absolute Gasteiger partial charge is 0.465 e. The predicted molar refractivity (Wildman–Crippen MR) is 81.8 cm³/mol. The number of aromatic nitrogens is 2. The molecule has 0 fully saturated rings. The van der Waals surface area contributed by atoms with E-state index in [9.17, 15) is 9.59 Å². The topological polar surface area (TPSA) is 72.0 Å². The van der Waals surface area contributed by atoms with Gasteiger partial charge in [0, 0.05) is 10.9 Å². The Morgan fingerprint density at radius 1 is 1.29 bits per heavy atom. The number of fused-ring (bicyclic) bond motifs is 1. The number of carbonyl (C=O) groups is 1. The van der Waals surface area contributed by atoms with Gasteiger partial charge in [0.1, 0.15) is 10.6 Å². The molecule has 2 aromatic heterocycles. The highest BCUT2D eigenvalue weighted by molar-refractivity contribution is 7.12. The van der Waals surface area contributed by atoms with E-state index in [1.807, 2.05) is 24.4 Å². The quantitative estimate of drug-likeness (QED) is 0.739. The lowest BCUT2D eigenvalue weighted by atomic mass is 10.0. The number of rotatable bonds is 2. The molecule has 0 atom stereocenters. The third-order valence-electron chi connectivity index (χ3n) is 3.28. The van der Waals surface area contributed by atoms with Crippen LogP contribution in [0.5, 0.6) is 0 Å². The number of hydrogen-bond donors (Lipinski definition) is 1. The molecule has 0 saturated carbocycles. The van der Waals surface area contributed by atoms with E-state index >= 15 is 0 Å². The molecule has 0 unspecified atom stereocenters. The predicted octanol–water partition coefficient (Wildman–Crippen LogP) is 2.75. The number of nitrogens with zero attached hydrogens (tertiary/aromatic N) is 1. The van der Waals surface area contributed by atoms with Crippen molar-refractivity contribution in [2.75, 3.05) is 7.11 Å². The second-order valence-corrected chi connectivity index (χ2v) is 5.44. The van der Waals surface area contributed by atoms with Crippen LogP contribution in [-0.4, -0.2) is 23.3 Å². The third-order valence-corrected chi connectivity index (χ3v) is 4.36. The van der Waals surface area contributed by atoms with Crippen LogP contribution in [0.1, 0.15) is 15.2 Å². The van der Waals surface area contributed by atoms with Crippen molar-refractivity contribution in [2.24, 2.45) is 0 Å². The Hall–Kier alpha value is -2.47. The zero-order valence-corrected chi connectivity index (χ0v) is 12.3. The van der Waals surface area contributed by atoms with Crippen molar-refractivity contribution in [1.82, 2.24) is 10.2 Å². The maximum atomic E-state index is 11.9. The molecule has 2 heterocycles. The number of carbonyl (C=O) groups excluding carboxylic acids is 1. The Morgan fingerprint density at radius 2 is 2.00 bits per heavy atom. The number of thiophene rings is 1. The van der Waals surface area contributed by atoms with Crippen molar-refractivity contribution in [1.29, 1.82) is 0 Å². The maximum Gasteiger partial charge on any atom is 0.348 e. The van der Waals surface area contributed by atoms with E-state index in [0.29, 0.717) is 26.9 Å². The Balaban J connectivity index is 2.37. The fraction of sp³-hybridized carbons (Fsp3) is 0.133. The van der Waals surface area contributed by atoms with Crippen LogP contribution in [0, 0.1) is 6.92 Å². The third kappa shape index (κ3) is 2.13. The van der Waals surface area contributed by atoms with Gasteiger partial charge in [-0.15, -0.1) is 11.3 Å². The number of aryl methyl sites for hydroxylation is 1. The van der Waals surface area contributed by atoms with Gasteiger partial charge in [-0.2, -0.15) is 5.10 Å². The van der Waals surface area contributed by atoms with Crippen LogP contribution >= 0.6 is 11.3 Å². The minimum absolute atomic E-state index is 0.248. The normalized spacial score (nSPS) is 10.8. The highest BCUT2D eigenvalue weighted by atomic mass is 32.1. The average molecular weight is 300 g/mol. The molecule has 0 aliphatic heterocycles. The summed E-state index contributed by atoms with van der Waals surface area (Å²) in [5.74, 6) is -0.403. The first kappa shape index (κ1) is 13.5. The van der Waals surface area contributed by atoms with Gasteiger partial charge in [0.2, 0.25) is 0 Å². The summed E-state index contributed by atoms with van der Waals surface area (Å²) < 4.78 is 4.82. The minimum Gasteiger partial charge on any atom is -0.465 e. The van der Waals surface area contributed by atoms with Crippen LogP contribution in [0.2, 0.25) is 0 Å². The van der Waals surface area contributed by atoms with E-state index in [2.05, 4.69) is 10.2 Å². The number of benzene rings is 1. The molecule has 0 amide bonds. The van der Waals surface area contributed by atoms with E-state index in [-0.39, 0.29) is 5.56 Å². The molecule has 0 spiro atoms. The van der Waals surface area contributed by atoms with E-state index in [1.165, 1.54) is 18.4 Å². The first-order chi connectivity index (χ1) is 10.1. The lowest BCUT2D eigenvalue weighted by molar-refractivity contribution is 0.0607. The van der Waals surface area contributed by atoms with Crippen molar-refractivity contribution in [2.45, 2.75) is 6.92 Å². The molecule has 0 bridgehead atoms. The monoisotopic (exact) mass is 300 g/mol. The second-order valence-electron chi connectivity index (χ2n) is 4.56. The van der Waals surface area contributed by atoms with Crippen molar-refractivity contribution in [3.8, 4) is 11.3 Å². The van der Waals surface area contributed by atoms with Crippen LogP contribution in [0.3, 0.4) is 0 Å². The average Bonchev–Trinajstić information content (AvgIpc) is 2.89. The van der Waals surface area contributed by atoms with E-state index in [4.69, 9.17) is 4.74 Å². The van der Waals surface area contributed by atoms with E-state index in [0.717, 1.165) is 5.56 Å². The van der Waals surface area contributed by atoms with Gasteiger partial charge in [-0.1, -0.05) is 18.2 Å². The van der Waals surface area contributed by atoms with Crippen LogP contribution in [-0.2, 0) is 4.74 Å². The number of hydrogen-bond acceptors (Lipinski definition) is 5. The summed E-state index contributed by atoms with van der Waals surface area (Å²) in [5, 5.41) is 9.78. The summed E-state index contributed by atoms with van der Waals surface area (Å²) in [6.07, 6.45) is 0.